The maximum atomic E-state index is 9.81. The maximum Gasteiger partial charge on any atom is 0.0787 e. The molecule has 2 aromatic rings. The van der Waals surface area contributed by atoms with Gasteiger partial charge < -0.3 is 5.11 Å². The van der Waals surface area contributed by atoms with Crippen molar-refractivity contribution in [3.8, 4) is 0 Å². The monoisotopic (exact) mass is 218 g/mol. The highest BCUT2D eigenvalue weighted by Gasteiger charge is 2.16. The highest BCUT2D eigenvalue weighted by Crippen LogP contribution is 2.22. The number of rotatable bonds is 2. The van der Waals surface area contributed by atoms with Crippen molar-refractivity contribution in [2.75, 3.05) is 0 Å². The first-order chi connectivity index (χ1) is 7.38. The molecule has 1 heterocycles. The third-order valence-corrected chi connectivity index (χ3v) is 2.90. The summed E-state index contributed by atoms with van der Waals surface area (Å²) in [5.74, 6) is 0. The molecule has 2 rings (SSSR count). The van der Waals surface area contributed by atoms with Gasteiger partial charge in [-0.05, 0) is 44.9 Å². The molecule has 0 unspecified atom stereocenters. The zero-order valence-electron chi connectivity index (χ0n) is 10.3. The molecule has 0 atom stereocenters. The van der Waals surface area contributed by atoms with E-state index in [4.69, 9.17) is 0 Å². The van der Waals surface area contributed by atoms with Crippen LogP contribution in [0, 0.1) is 13.8 Å². The SMILES string of the molecule is Cc1ccc2c(cnn2CC(C)(C)O)c1C. The molecule has 3 nitrogen and oxygen atoms in total. The lowest BCUT2D eigenvalue weighted by Crippen LogP contribution is -2.26. The van der Waals surface area contributed by atoms with Crippen LogP contribution >= 0.6 is 0 Å². The molecule has 86 valence electrons. The van der Waals surface area contributed by atoms with Gasteiger partial charge in [0.2, 0.25) is 0 Å². The second-order valence-electron chi connectivity index (χ2n) is 5.05. The third-order valence-electron chi connectivity index (χ3n) is 2.90. The molecular formula is C13H18N2O. The van der Waals surface area contributed by atoms with E-state index in [0.717, 1.165) is 5.52 Å². The Morgan fingerprint density at radius 2 is 2.00 bits per heavy atom. The molecule has 1 aromatic heterocycles. The van der Waals surface area contributed by atoms with E-state index >= 15 is 0 Å². The van der Waals surface area contributed by atoms with Crippen molar-refractivity contribution in [1.29, 1.82) is 0 Å². The Hall–Kier alpha value is -1.35. The number of aliphatic hydroxyl groups is 1. The minimum atomic E-state index is -0.738. The van der Waals surface area contributed by atoms with Crippen LogP contribution in [0.4, 0.5) is 0 Å². The van der Waals surface area contributed by atoms with Crippen molar-refractivity contribution in [3.05, 3.63) is 29.5 Å². The Morgan fingerprint density at radius 1 is 1.31 bits per heavy atom. The highest BCUT2D eigenvalue weighted by atomic mass is 16.3. The summed E-state index contributed by atoms with van der Waals surface area (Å²) in [4.78, 5) is 0. The largest absolute Gasteiger partial charge is 0.389 e. The molecule has 0 fully saturated rings. The lowest BCUT2D eigenvalue weighted by Gasteiger charge is -2.17. The Morgan fingerprint density at radius 3 is 2.62 bits per heavy atom. The van der Waals surface area contributed by atoms with Crippen LogP contribution in [-0.4, -0.2) is 20.5 Å². The summed E-state index contributed by atoms with van der Waals surface area (Å²) in [6, 6.07) is 4.16. The number of nitrogens with zero attached hydrogens (tertiary/aromatic N) is 2. The summed E-state index contributed by atoms with van der Waals surface area (Å²) in [5, 5.41) is 15.3. The quantitative estimate of drug-likeness (QED) is 0.840. The van der Waals surface area contributed by atoms with Crippen molar-refractivity contribution in [2.24, 2.45) is 0 Å². The van der Waals surface area contributed by atoms with Crippen LogP contribution in [0.5, 0.6) is 0 Å². The summed E-state index contributed by atoms with van der Waals surface area (Å²) in [6.45, 7) is 8.30. The summed E-state index contributed by atoms with van der Waals surface area (Å²) in [7, 11) is 0. The fourth-order valence-electron chi connectivity index (χ4n) is 1.89. The third kappa shape index (κ3) is 1.95. The number of hydrogen-bond donors (Lipinski definition) is 1. The van der Waals surface area contributed by atoms with Crippen molar-refractivity contribution in [3.63, 3.8) is 0 Å². The van der Waals surface area contributed by atoms with E-state index in [2.05, 4.69) is 31.1 Å². The van der Waals surface area contributed by atoms with Crippen LogP contribution in [0.25, 0.3) is 10.9 Å². The van der Waals surface area contributed by atoms with E-state index in [1.54, 1.807) is 13.8 Å². The standard InChI is InChI=1S/C13H18N2O/c1-9-5-6-12-11(10(9)2)7-14-15(12)8-13(3,4)16/h5-7,16H,8H2,1-4H3. The molecular weight excluding hydrogens is 200 g/mol. The molecule has 0 radical (unpaired) electrons. The van der Waals surface area contributed by atoms with Gasteiger partial charge in [-0.1, -0.05) is 6.07 Å². The Labute approximate surface area is 95.7 Å². The average Bonchev–Trinajstić information content (AvgIpc) is 2.53. The van der Waals surface area contributed by atoms with Gasteiger partial charge in [-0.3, -0.25) is 4.68 Å². The normalized spacial score (nSPS) is 12.3. The Kier molecular flexibility index (Phi) is 2.50. The number of fused-ring (bicyclic) bond motifs is 1. The lowest BCUT2D eigenvalue weighted by molar-refractivity contribution is 0.0591. The molecule has 0 aliphatic rings. The van der Waals surface area contributed by atoms with Gasteiger partial charge >= 0.3 is 0 Å². The van der Waals surface area contributed by atoms with E-state index in [0.29, 0.717) is 6.54 Å². The maximum absolute atomic E-state index is 9.81. The second-order valence-corrected chi connectivity index (χ2v) is 5.05. The van der Waals surface area contributed by atoms with E-state index in [1.165, 1.54) is 16.5 Å². The van der Waals surface area contributed by atoms with Gasteiger partial charge in [0.15, 0.2) is 0 Å². The minimum Gasteiger partial charge on any atom is -0.389 e. The first-order valence-corrected chi connectivity index (χ1v) is 5.52. The van der Waals surface area contributed by atoms with Crippen LogP contribution < -0.4 is 0 Å². The average molecular weight is 218 g/mol. The molecule has 1 aromatic carbocycles. The molecule has 0 saturated heterocycles. The number of hydrogen-bond acceptors (Lipinski definition) is 2. The second kappa shape index (κ2) is 3.59. The number of aryl methyl sites for hydroxylation is 2. The van der Waals surface area contributed by atoms with E-state index < -0.39 is 5.60 Å². The van der Waals surface area contributed by atoms with Crippen LogP contribution in [0.2, 0.25) is 0 Å². The van der Waals surface area contributed by atoms with Gasteiger partial charge in [-0.15, -0.1) is 0 Å². The van der Waals surface area contributed by atoms with Crippen LogP contribution in [0.15, 0.2) is 18.3 Å². The van der Waals surface area contributed by atoms with Gasteiger partial charge in [0, 0.05) is 5.39 Å². The lowest BCUT2D eigenvalue weighted by atomic mass is 10.1. The van der Waals surface area contributed by atoms with Gasteiger partial charge in [0.05, 0.1) is 23.9 Å². The summed E-state index contributed by atoms with van der Waals surface area (Å²) < 4.78 is 1.86. The van der Waals surface area contributed by atoms with Crippen molar-refractivity contribution < 1.29 is 5.11 Å². The molecule has 0 bridgehead atoms. The van der Waals surface area contributed by atoms with Crippen LogP contribution in [0.3, 0.4) is 0 Å². The van der Waals surface area contributed by atoms with Gasteiger partial charge in [0.25, 0.3) is 0 Å². The fraction of sp³-hybridized carbons (Fsp3) is 0.462. The molecule has 16 heavy (non-hydrogen) atoms. The summed E-state index contributed by atoms with van der Waals surface area (Å²) in [6.07, 6.45) is 1.88. The van der Waals surface area contributed by atoms with Gasteiger partial charge in [0.1, 0.15) is 0 Å². The Bertz CT molecular complexity index is 520. The molecule has 1 N–H and O–H groups in total. The summed E-state index contributed by atoms with van der Waals surface area (Å²) in [5.41, 5.74) is 2.89. The molecule has 0 aliphatic carbocycles. The van der Waals surface area contributed by atoms with Gasteiger partial charge in [-0.25, -0.2) is 0 Å². The van der Waals surface area contributed by atoms with Gasteiger partial charge in [-0.2, -0.15) is 5.10 Å². The first kappa shape index (κ1) is 11.1. The van der Waals surface area contributed by atoms with Crippen LogP contribution in [-0.2, 0) is 6.54 Å². The molecule has 0 saturated carbocycles. The minimum absolute atomic E-state index is 0.513. The predicted molar refractivity (Wildman–Crippen MR) is 65.5 cm³/mol. The van der Waals surface area contributed by atoms with E-state index in [-0.39, 0.29) is 0 Å². The topological polar surface area (TPSA) is 38.0 Å². The zero-order chi connectivity index (χ0) is 11.9. The first-order valence-electron chi connectivity index (χ1n) is 5.52. The molecule has 0 amide bonds. The van der Waals surface area contributed by atoms with E-state index in [9.17, 15) is 5.11 Å². The highest BCUT2D eigenvalue weighted by molar-refractivity contribution is 5.83. The van der Waals surface area contributed by atoms with Crippen LogP contribution in [0.1, 0.15) is 25.0 Å². The Balaban J connectivity index is 2.54. The fourth-order valence-corrected chi connectivity index (χ4v) is 1.89. The predicted octanol–water partition coefficient (Wildman–Crippen LogP) is 2.42. The number of aromatic nitrogens is 2. The smallest absolute Gasteiger partial charge is 0.0787 e. The number of benzene rings is 1. The molecule has 3 heteroatoms. The molecule has 0 aliphatic heterocycles. The van der Waals surface area contributed by atoms with Crippen molar-refractivity contribution in [2.45, 2.75) is 39.8 Å². The zero-order valence-corrected chi connectivity index (χ0v) is 10.3. The molecule has 0 spiro atoms. The van der Waals surface area contributed by atoms with Crippen molar-refractivity contribution in [1.82, 2.24) is 9.78 Å². The summed E-state index contributed by atoms with van der Waals surface area (Å²) >= 11 is 0. The van der Waals surface area contributed by atoms with E-state index in [1.807, 2.05) is 10.9 Å². The van der Waals surface area contributed by atoms with Crippen molar-refractivity contribution >= 4 is 10.9 Å².